The highest BCUT2D eigenvalue weighted by Crippen LogP contribution is 2.18. The Morgan fingerprint density at radius 3 is 2.67 bits per heavy atom. The predicted octanol–water partition coefficient (Wildman–Crippen LogP) is -0.178. The number of aliphatic carboxylic acids is 1. The van der Waals surface area contributed by atoms with Crippen LogP contribution in [-0.2, 0) is 9.59 Å². The van der Waals surface area contributed by atoms with Gasteiger partial charge in [0.05, 0.1) is 13.0 Å². The number of hydrogen-bond donors (Lipinski definition) is 2. The minimum atomic E-state index is -0.790. The highest BCUT2D eigenvalue weighted by molar-refractivity contribution is 5.90. The molecule has 0 atom stereocenters. The Morgan fingerprint density at radius 2 is 2.06 bits per heavy atom. The number of nitrogens with one attached hydrogen (secondary N) is 1. The third kappa shape index (κ3) is 3.49. The van der Waals surface area contributed by atoms with Crippen LogP contribution in [0, 0.1) is 5.92 Å². The van der Waals surface area contributed by atoms with Crippen LogP contribution in [0.5, 0.6) is 0 Å². The Morgan fingerprint density at radius 1 is 1.39 bits per heavy atom. The average Bonchev–Trinajstić information content (AvgIpc) is 2.27. The van der Waals surface area contributed by atoms with E-state index in [1.54, 1.807) is 18.5 Å². The van der Waals surface area contributed by atoms with Crippen LogP contribution in [-0.4, -0.2) is 51.5 Å². The second-order valence-electron chi connectivity index (χ2n) is 4.28. The van der Waals surface area contributed by atoms with Crippen molar-refractivity contribution >= 4 is 17.8 Å². The summed E-state index contributed by atoms with van der Waals surface area (Å²) in [6.07, 6.45) is 3.27. The predicted molar refractivity (Wildman–Crippen MR) is 62.8 cm³/mol. The molecule has 0 bridgehead atoms. The van der Waals surface area contributed by atoms with E-state index in [1.165, 1.54) is 0 Å². The lowest BCUT2D eigenvalue weighted by molar-refractivity contribution is -0.139. The van der Waals surface area contributed by atoms with Gasteiger partial charge in [-0.05, 0) is 12.0 Å². The molecule has 2 N–H and O–H groups in total. The summed E-state index contributed by atoms with van der Waals surface area (Å²) >= 11 is 0. The fourth-order valence-electron chi connectivity index (χ4n) is 1.91. The van der Waals surface area contributed by atoms with E-state index in [-0.39, 0.29) is 30.7 Å². The first-order valence-electron chi connectivity index (χ1n) is 5.64. The molecule has 7 heteroatoms. The van der Waals surface area contributed by atoms with Crippen LogP contribution in [0.1, 0.15) is 6.42 Å². The molecule has 1 aliphatic heterocycles. The van der Waals surface area contributed by atoms with E-state index in [0.29, 0.717) is 13.1 Å². The lowest BCUT2D eigenvalue weighted by Gasteiger charge is -2.37. The van der Waals surface area contributed by atoms with Gasteiger partial charge in [-0.25, -0.2) is 9.97 Å². The molecule has 2 rings (SSSR count). The number of aromatic nitrogens is 2. The zero-order valence-electron chi connectivity index (χ0n) is 9.74. The smallest absolute Gasteiger partial charge is 0.303 e. The molecular formula is C11H14N4O3. The SMILES string of the molecule is O=C(O)CC1CN(CC(=O)Nc2ncccn2)C1. The molecule has 0 aromatic carbocycles. The number of amides is 1. The Balaban J connectivity index is 1.69. The van der Waals surface area contributed by atoms with Gasteiger partial charge in [0.25, 0.3) is 0 Å². The highest BCUT2D eigenvalue weighted by Gasteiger charge is 2.29. The molecule has 0 spiro atoms. The van der Waals surface area contributed by atoms with Crippen molar-refractivity contribution in [3.8, 4) is 0 Å². The van der Waals surface area contributed by atoms with Gasteiger partial charge in [0.15, 0.2) is 0 Å². The van der Waals surface area contributed by atoms with Gasteiger partial charge in [-0.1, -0.05) is 0 Å². The largest absolute Gasteiger partial charge is 0.481 e. The van der Waals surface area contributed by atoms with Gasteiger partial charge < -0.3 is 5.11 Å². The van der Waals surface area contributed by atoms with Crippen molar-refractivity contribution in [2.75, 3.05) is 25.0 Å². The van der Waals surface area contributed by atoms with Crippen molar-refractivity contribution in [2.24, 2.45) is 5.92 Å². The number of carboxylic acids is 1. The van der Waals surface area contributed by atoms with Gasteiger partial charge in [0, 0.05) is 25.5 Å². The summed E-state index contributed by atoms with van der Waals surface area (Å²) in [7, 11) is 0. The number of anilines is 1. The molecule has 0 unspecified atom stereocenters. The maximum absolute atomic E-state index is 11.6. The molecule has 1 fully saturated rings. The molecule has 1 aromatic heterocycles. The summed E-state index contributed by atoms with van der Waals surface area (Å²) in [5.74, 6) is -0.537. The van der Waals surface area contributed by atoms with E-state index in [9.17, 15) is 9.59 Å². The average molecular weight is 250 g/mol. The van der Waals surface area contributed by atoms with E-state index in [1.807, 2.05) is 4.90 Å². The van der Waals surface area contributed by atoms with E-state index in [2.05, 4.69) is 15.3 Å². The minimum absolute atomic E-state index is 0.156. The first kappa shape index (κ1) is 12.4. The number of hydrogen-bond acceptors (Lipinski definition) is 5. The highest BCUT2D eigenvalue weighted by atomic mass is 16.4. The Labute approximate surface area is 104 Å². The lowest BCUT2D eigenvalue weighted by Crippen LogP contribution is -2.50. The van der Waals surface area contributed by atoms with Crippen LogP contribution in [0.4, 0.5) is 5.95 Å². The summed E-state index contributed by atoms with van der Waals surface area (Å²) in [6, 6.07) is 1.67. The molecule has 1 amide bonds. The first-order chi connectivity index (χ1) is 8.63. The summed E-state index contributed by atoms with van der Waals surface area (Å²) < 4.78 is 0. The number of carbonyl (C=O) groups excluding carboxylic acids is 1. The van der Waals surface area contributed by atoms with Crippen molar-refractivity contribution in [1.29, 1.82) is 0 Å². The quantitative estimate of drug-likeness (QED) is 0.752. The standard InChI is InChI=1S/C11H14N4O3/c16-9(14-11-12-2-1-3-13-11)7-15-5-8(6-15)4-10(17)18/h1-3,8H,4-7H2,(H,17,18)(H,12,13,14,16). The zero-order valence-corrected chi connectivity index (χ0v) is 9.74. The summed E-state index contributed by atoms with van der Waals surface area (Å²) in [6.45, 7) is 1.54. The van der Waals surface area contributed by atoms with E-state index >= 15 is 0 Å². The molecule has 0 saturated carbocycles. The topological polar surface area (TPSA) is 95.4 Å². The van der Waals surface area contributed by atoms with Gasteiger partial charge >= 0.3 is 5.97 Å². The Kier molecular flexibility index (Phi) is 3.83. The summed E-state index contributed by atoms with van der Waals surface area (Å²) in [5, 5.41) is 11.2. The maximum Gasteiger partial charge on any atom is 0.303 e. The second kappa shape index (κ2) is 5.54. The van der Waals surface area contributed by atoms with Crippen LogP contribution >= 0.6 is 0 Å². The van der Waals surface area contributed by atoms with Crippen LogP contribution in [0.25, 0.3) is 0 Å². The van der Waals surface area contributed by atoms with E-state index in [0.717, 1.165) is 0 Å². The van der Waals surface area contributed by atoms with Crippen molar-refractivity contribution in [3.05, 3.63) is 18.5 Å². The number of nitrogens with zero attached hydrogens (tertiary/aromatic N) is 3. The Bertz CT molecular complexity index is 431. The van der Waals surface area contributed by atoms with E-state index in [4.69, 9.17) is 5.11 Å². The van der Waals surface area contributed by atoms with Crippen LogP contribution in [0.2, 0.25) is 0 Å². The third-order valence-corrected chi connectivity index (χ3v) is 2.68. The molecular weight excluding hydrogens is 236 g/mol. The zero-order chi connectivity index (χ0) is 13.0. The van der Waals surface area contributed by atoms with Gasteiger partial charge in [0.2, 0.25) is 11.9 Å². The van der Waals surface area contributed by atoms with Crippen molar-refractivity contribution < 1.29 is 14.7 Å². The molecule has 1 saturated heterocycles. The molecule has 2 heterocycles. The first-order valence-corrected chi connectivity index (χ1v) is 5.64. The third-order valence-electron chi connectivity index (χ3n) is 2.68. The second-order valence-corrected chi connectivity index (χ2v) is 4.28. The van der Waals surface area contributed by atoms with Gasteiger partial charge in [0.1, 0.15) is 0 Å². The molecule has 0 radical (unpaired) electrons. The molecule has 96 valence electrons. The van der Waals surface area contributed by atoms with Crippen molar-refractivity contribution in [3.63, 3.8) is 0 Å². The van der Waals surface area contributed by atoms with Gasteiger partial charge in [-0.15, -0.1) is 0 Å². The minimum Gasteiger partial charge on any atom is -0.481 e. The monoisotopic (exact) mass is 250 g/mol. The summed E-state index contributed by atoms with van der Waals surface area (Å²) in [4.78, 5) is 31.7. The molecule has 1 aromatic rings. The lowest BCUT2D eigenvalue weighted by atomic mass is 9.96. The van der Waals surface area contributed by atoms with Crippen molar-refractivity contribution in [2.45, 2.75) is 6.42 Å². The molecule has 1 aliphatic rings. The van der Waals surface area contributed by atoms with Crippen LogP contribution in [0.15, 0.2) is 18.5 Å². The van der Waals surface area contributed by atoms with E-state index < -0.39 is 5.97 Å². The van der Waals surface area contributed by atoms with Crippen molar-refractivity contribution in [1.82, 2.24) is 14.9 Å². The number of rotatable bonds is 5. The Hall–Kier alpha value is -2.02. The van der Waals surface area contributed by atoms with Gasteiger partial charge in [-0.3, -0.25) is 19.8 Å². The maximum atomic E-state index is 11.6. The molecule has 0 aliphatic carbocycles. The van der Waals surface area contributed by atoms with Crippen LogP contribution < -0.4 is 5.32 Å². The normalized spacial score (nSPS) is 16.0. The fraction of sp³-hybridized carbons (Fsp3) is 0.455. The fourth-order valence-corrected chi connectivity index (χ4v) is 1.91. The molecule has 18 heavy (non-hydrogen) atoms. The summed E-state index contributed by atoms with van der Waals surface area (Å²) in [5.41, 5.74) is 0. The molecule has 7 nitrogen and oxygen atoms in total. The number of likely N-dealkylation sites (tertiary alicyclic amines) is 1. The van der Waals surface area contributed by atoms with Gasteiger partial charge in [-0.2, -0.15) is 0 Å². The number of carboxylic acid groups (broad SMARTS) is 1. The number of carbonyl (C=O) groups is 2. The van der Waals surface area contributed by atoms with Crippen LogP contribution in [0.3, 0.4) is 0 Å².